The zero-order valence-corrected chi connectivity index (χ0v) is 9.93. The molecule has 0 bridgehead atoms. The number of amides is 1. The van der Waals surface area contributed by atoms with Gasteiger partial charge < -0.3 is 20.2 Å². The van der Waals surface area contributed by atoms with E-state index in [1.165, 1.54) is 6.26 Å². The van der Waals surface area contributed by atoms with E-state index in [1.54, 1.807) is 17.9 Å². The smallest absolute Gasteiger partial charge is 0.242 e. The number of aliphatic hydroxyl groups is 1. The standard InChI is InChI=1S/C12H18N2O3/c1-8-6-9(7-17-8)11(15)10(13)12(16)14-4-2-3-5-14/h6-7,10-11,15H,2-5,13H2,1H3/t10-,11+/m1/s1. The number of carbonyl (C=O) groups excluding carboxylic acids is 1. The summed E-state index contributed by atoms with van der Waals surface area (Å²) in [6.07, 6.45) is 2.47. The summed E-state index contributed by atoms with van der Waals surface area (Å²) in [6.45, 7) is 3.26. The Kier molecular flexibility index (Phi) is 3.49. The maximum absolute atomic E-state index is 12.0. The fourth-order valence-electron chi connectivity index (χ4n) is 2.11. The van der Waals surface area contributed by atoms with Crippen LogP contribution in [0, 0.1) is 6.92 Å². The molecule has 0 saturated carbocycles. The van der Waals surface area contributed by atoms with E-state index in [-0.39, 0.29) is 5.91 Å². The number of carbonyl (C=O) groups is 1. The molecule has 2 rings (SSSR count). The Bertz CT molecular complexity index is 396. The molecule has 2 atom stereocenters. The summed E-state index contributed by atoms with van der Waals surface area (Å²) in [5, 5.41) is 10.0. The molecule has 1 saturated heterocycles. The lowest BCUT2D eigenvalue weighted by Gasteiger charge is -2.23. The fraction of sp³-hybridized carbons (Fsp3) is 0.583. The first kappa shape index (κ1) is 12.1. The average molecular weight is 238 g/mol. The molecule has 1 aliphatic heterocycles. The number of likely N-dealkylation sites (tertiary alicyclic amines) is 1. The van der Waals surface area contributed by atoms with Crippen LogP contribution >= 0.6 is 0 Å². The molecule has 0 radical (unpaired) electrons. The Morgan fingerprint density at radius 2 is 2.18 bits per heavy atom. The molecule has 1 aliphatic rings. The van der Waals surface area contributed by atoms with Crippen LogP contribution in [0.25, 0.3) is 0 Å². The van der Waals surface area contributed by atoms with Gasteiger partial charge in [-0.2, -0.15) is 0 Å². The van der Waals surface area contributed by atoms with Crippen molar-refractivity contribution in [2.75, 3.05) is 13.1 Å². The first-order chi connectivity index (χ1) is 8.09. The second kappa shape index (κ2) is 4.89. The highest BCUT2D eigenvalue weighted by molar-refractivity contribution is 5.82. The first-order valence-corrected chi connectivity index (χ1v) is 5.87. The van der Waals surface area contributed by atoms with E-state index in [2.05, 4.69) is 0 Å². The molecule has 3 N–H and O–H groups in total. The molecule has 2 heterocycles. The summed E-state index contributed by atoms with van der Waals surface area (Å²) in [4.78, 5) is 13.7. The molecule has 1 aromatic heterocycles. The highest BCUT2D eigenvalue weighted by atomic mass is 16.3. The van der Waals surface area contributed by atoms with Crippen molar-refractivity contribution < 1.29 is 14.3 Å². The molecular weight excluding hydrogens is 220 g/mol. The van der Waals surface area contributed by atoms with Crippen molar-refractivity contribution in [3.63, 3.8) is 0 Å². The predicted molar refractivity (Wildman–Crippen MR) is 62.2 cm³/mol. The molecule has 0 unspecified atom stereocenters. The van der Waals surface area contributed by atoms with Gasteiger partial charge in [-0.15, -0.1) is 0 Å². The summed E-state index contributed by atoms with van der Waals surface area (Å²) < 4.78 is 5.10. The van der Waals surface area contributed by atoms with Gasteiger partial charge in [0.25, 0.3) is 0 Å². The number of nitrogens with zero attached hydrogens (tertiary/aromatic N) is 1. The van der Waals surface area contributed by atoms with E-state index < -0.39 is 12.1 Å². The minimum Gasteiger partial charge on any atom is -0.469 e. The molecule has 17 heavy (non-hydrogen) atoms. The van der Waals surface area contributed by atoms with Gasteiger partial charge in [-0.3, -0.25) is 4.79 Å². The molecule has 1 fully saturated rings. The Morgan fingerprint density at radius 1 is 1.53 bits per heavy atom. The van der Waals surface area contributed by atoms with E-state index in [4.69, 9.17) is 10.2 Å². The van der Waals surface area contributed by atoms with Crippen LogP contribution in [0.15, 0.2) is 16.7 Å². The predicted octanol–water partition coefficient (Wildman–Crippen LogP) is 0.571. The topological polar surface area (TPSA) is 79.7 Å². The van der Waals surface area contributed by atoms with Crippen LogP contribution in [0.1, 0.15) is 30.3 Å². The molecule has 1 aromatic rings. The van der Waals surface area contributed by atoms with Crippen LogP contribution in [0.5, 0.6) is 0 Å². The minimum absolute atomic E-state index is 0.186. The van der Waals surface area contributed by atoms with Crippen molar-refractivity contribution in [3.8, 4) is 0 Å². The van der Waals surface area contributed by atoms with Gasteiger partial charge in [0.05, 0.1) is 6.26 Å². The molecule has 5 heteroatoms. The molecule has 5 nitrogen and oxygen atoms in total. The number of aryl methyl sites for hydroxylation is 1. The van der Waals surface area contributed by atoms with Crippen LogP contribution in [0.4, 0.5) is 0 Å². The molecule has 0 aliphatic carbocycles. The van der Waals surface area contributed by atoms with Crippen molar-refractivity contribution >= 4 is 5.91 Å². The van der Waals surface area contributed by atoms with Crippen LogP contribution in [-0.4, -0.2) is 35.0 Å². The van der Waals surface area contributed by atoms with Crippen molar-refractivity contribution in [2.45, 2.75) is 31.9 Å². The molecule has 0 spiro atoms. The maximum atomic E-state index is 12.0. The molecule has 0 aromatic carbocycles. The van der Waals surface area contributed by atoms with Gasteiger partial charge in [0, 0.05) is 18.7 Å². The number of aliphatic hydroxyl groups excluding tert-OH is 1. The Morgan fingerprint density at radius 3 is 2.71 bits per heavy atom. The summed E-state index contributed by atoms with van der Waals surface area (Å²) in [7, 11) is 0. The van der Waals surface area contributed by atoms with Crippen molar-refractivity contribution in [3.05, 3.63) is 23.7 Å². The van der Waals surface area contributed by atoms with Gasteiger partial charge in [-0.1, -0.05) is 0 Å². The largest absolute Gasteiger partial charge is 0.469 e. The fourth-order valence-corrected chi connectivity index (χ4v) is 2.11. The summed E-state index contributed by atoms with van der Waals surface area (Å²) >= 11 is 0. The summed E-state index contributed by atoms with van der Waals surface area (Å²) in [6, 6.07) is 0.784. The van der Waals surface area contributed by atoms with Crippen LogP contribution < -0.4 is 5.73 Å². The SMILES string of the molecule is Cc1cc([C@H](O)[C@@H](N)C(=O)N2CCCC2)co1. The van der Waals surface area contributed by atoms with E-state index in [0.29, 0.717) is 11.3 Å². The van der Waals surface area contributed by atoms with Gasteiger partial charge in [0.1, 0.15) is 17.9 Å². The summed E-state index contributed by atoms with van der Waals surface area (Å²) in [5.74, 6) is 0.508. The van der Waals surface area contributed by atoms with Crippen LogP contribution in [-0.2, 0) is 4.79 Å². The van der Waals surface area contributed by atoms with E-state index in [9.17, 15) is 9.90 Å². The number of rotatable bonds is 3. The van der Waals surface area contributed by atoms with E-state index >= 15 is 0 Å². The van der Waals surface area contributed by atoms with Gasteiger partial charge in [-0.25, -0.2) is 0 Å². The third-order valence-electron chi connectivity index (χ3n) is 3.14. The molecule has 1 amide bonds. The van der Waals surface area contributed by atoms with Gasteiger partial charge in [0.15, 0.2) is 0 Å². The van der Waals surface area contributed by atoms with E-state index in [0.717, 1.165) is 25.9 Å². The quantitative estimate of drug-likeness (QED) is 0.807. The number of nitrogens with two attached hydrogens (primary N) is 1. The van der Waals surface area contributed by atoms with Crippen molar-refractivity contribution in [1.82, 2.24) is 4.90 Å². The minimum atomic E-state index is -0.999. The molecule has 94 valence electrons. The van der Waals surface area contributed by atoms with Crippen molar-refractivity contribution in [2.24, 2.45) is 5.73 Å². The van der Waals surface area contributed by atoms with Gasteiger partial charge in [-0.05, 0) is 25.8 Å². The van der Waals surface area contributed by atoms with Crippen LogP contribution in [0.2, 0.25) is 0 Å². The lowest BCUT2D eigenvalue weighted by molar-refractivity contribution is -0.134. The second-order valence-electron chi connectivity index (χ2n) is 4.49. The van der Waals surface area contributed by atoms with Gasteiger partial charge in [0.2, 0.25) is 5.91 Å². The number of hydrogen-bond donors (Lipinski definition) is 2. The van der Waals surface area contributed by atoms with E-state index in [1.807, 2.05) is 0 Å². The lowest BCUT2D eigenvalue weighted by atomic mass is 10.0. The second-order valence-corrected chi connectivity index (χ2v) is 4.49. The van der Waals surface area contributed by atoms with Gasteiger partial charge >= 0.3 is 0 Å². The van der Waals surface area contributed by atoms with Crippen molar-refractivity contribution in [1.29, 1.82) is 0 Å². The molecular formula is C12H18N2O3. The average Bonchev–Trinajstić information content (AvgIpc) is 2.96. The third kappa shape index (κ3) is 2.50. The van der Waals surface area contributed by atoms with Crippen LogP contribution in [0.3, 0.4) is 0 Å². The zero-order chi connectivity index (χ0) is 12.4. The highest BCUT2D eigenvalue weighted by Crippen LogP contribution is 2.20. The highest BCUT2D eigenvalue weighted by Gasteiger charge is 2.30. The monoisotopic (exact) mass is 238 g/mol. The number of furan rings is 1. The maximum Gasteiger partial charge on any atom is 0.242 e. The Balaban J connectivity index is 2.03. The lowest BCUT2D eigenvalue weighted by Crippen LogP contribution is -2.45. The number of hydrogen-bond acceptors (Lipinski definition) is 4. The summed E-state index contributed by atoms with van der Waals surface area (Å²) in [5.41, 5.74) is 6.36. The Labute approximate surface area is 100 Å². The zero-order valence-electron chi connectivity index (χ0n) is 9.93. The Hall–Kier alpha value is -1.33. The normalized spacial score (nSPS) is 19.4. The first-order valence-electron chi connectivity index (χ1n) is 5.87. The third-order valence-corrected chi connectivity index (χ3v) is 3.14.